The van der Waals surface area contributed by atoms with Crippen molar-refractivity contribution >= 4 is 28.2 Å². The highest BCUT2D eigenvalue weighted by atomic mass is 35.5. The molecule has 1 heterocycles. The van der Waals surface area contributed by atoms with Crippen LogP contribution in [-0.2, 0) is 17.8 Å². The van der Waals surface area contributed by atoms with Gasteiger partial charge in [-0.15, -0.1) is 0 Å². The SMILES string of the molecule is Cn1nnnc1S(=O)CC(=O)c1ccc(Cl)cc1. The Hall–Kier alpha value is -1.60. The molecule has 0 saturated carbocycles. The summed E-state index contributed by atoms with van der Waals surface area (Å²) in [5.74, 6) is -0.399. The van der Waals surface area contributed by atoms with E-state index < -0.39 is 10.8 Å². The number of aromatic nitrogens is 4. The maximum Gasteiger partial charge on any atom is 0.239 e. The number of hydrogen-bond donors (Lipinski definition) is 0. The number of rotatable bonds is 4. The monoisotopic (exact) mass is 284 g/mol. The number of carbonyl (C=O) groups excluding carboxylic acids is 1. The molecule has 94 valence electrons. The average Bonchev–Trinajstić information content (AvgIpc) is 2.76. The minimum atomic E-state index is -1.56. The summed E-state index contributed by atoms with van der Waals surface area (Å²) in [6, 6.07) is 6.41. The zero-order valence-corrected chi connectivity index (χ0v) is 11.0. The molecule has 0 spiro atoms. The lowest BCUT2D eigenvalue weighted by Crippen LogP contribution is -2.14. The van der Waals surface area contributed by atoms with E-state index in [1.807, 2.05) is 0 Å². The van der Waals surface area contributed by atoms with Crippen LogP contribution in [0.3, 0.4) is 0 Å². The first-order valence-electron chi connectivity index (χ1n) is 4.97. The molecule has 0 radical (unpaired) electrons. The number of carbonyl (C=O) groups is 1. The van der Waals surface area contributed by atoms with E-state index in [0.29, 0.717) is 10.6 Å². The first-order valence-corrected chi connectivity index (χ1v) is 6.67. The molecule has 1 aromatic heterocycles. The van der Waals surface area contributed by atoms with Gasteiger partial charge >= 0.3 is 0 Å². The Morgan fingerprint density at radius 1 is 1.39 bits per heavy atom. The number of nitrogens with zero attached hydrogens (tertiary/aromatic N) is 4. The molecule has 0 aliphatic rings. The highest BCUT2D eigenvalue weighted by Crippen LogP contribution is 2.11. The van der Waals surface area contributed by atoms with Crippen LogP contribution in [0.15, 0.2) is 29.4 Å². The standard InChI is InChI=1S/C10H9ClN4O2S/c1-15-10(12-13-14-15)18(17)6-9(16)7-2-4-8(11)5-3-7/h2-5H,6H2,1H3. The highest BCUT2D eigenvalue weighted by molar-refractivity contribution is 7.85. The summed E-state index contributed by atoms with van der Waals surface area (Å²) in [7, 11) is 0.0140. The van der Waals surface area contributed by atoms with Crippen molar-refractivity contribution in [2.45, 2.75) is 5.16 Å². The third kappa shape index (κ3) is 2.80. The van der Waals surface area contributed by atoms with Crippen molar-refractivity contribution in [3.05, 3.63) is 34.9 Å². The topological polar surface area (TPSA) is 77.7 Å². The first kappa shape index (κ1) is 12.8. The van der Waals surface area contributed by atoms with Crippen molar-refractivity contribution in [3.8, 4) is 0 Å². The van der Waals surface area contributed by atoms with Crippen molar-refractivity contribution in [1.29, 1.82) is 0 Å². The molecular formula is C10H9ClN4O2S. The molecule has 1 unspecified atom stereocenters. The maximum atomic E-state index is 11.9. The second-order valence-electron chi connectivity index (χ2n) is 3.50. The number of benzene rings is 1. The third-order valence-corrected chi connectivity index (χ3v) is 3.74. The minimum absolute atomic E-state index is 0.157. The van der Waals surface area contributed by atoms with Crippen LogP contribution in [0.2, 0.25) is 5.02 Å². The molecule has 1 aromatic carbocycles. The molecule has 2 aromatic rings. The molecule has 0 amide bonds. The van der Waals surface area contributed by atoms with Gasteiger partial charge in [0.1, 0.15) is 10.8 Å². The van der Waals surface area contributed by atoms with Crippen LogP contribution in [0.4, 0.5) is 0 Å². The van der Waals surface area contributed by atoms with Gasteiger partial charge in [0.25, 0.3) is 0 Å². The molecule has 0 aliphatic carbocycles. The fourth-order valence-electron chi connectivity index (χ4n) is 1.32. The number of aryl methyl sites for hydroxylation is 1. The van der Waals surface area contributed by atoms with Crippen molar-refractivity contribution < 1.29 is 9.00 Å². The van der Waals surface area contributed by atoms with E-state index in [1.165, 1.54) is 4.68 Å². The molecule has 6 nitrogen and oxygen atoms in total. The predicted molar refractivity (Wildman–Crippen MR) is 65.9 cm³/mol. The molecule has 0 aliphatic heterocycles. The largest absolute Gasteiger partial charge is 0.293 e. The Morgan fingerprint density at radius 3 is 2.61 bits per heavy atom. The van der Waals surface area contributed by atoms with E-state index in [0.717, 1.165) is 0 Å². The summed E-state index contributed by atoms with van der Waals surface area (Å²) in [6.45, 7) is 0. The number of ketones is 1. The van der Waals surface area contributed by atoms with E-state index in [2.05, 4.69) is 15.5 Å². The Balaban J connectivity index is 2.10. The lowest BCUT2D eigenvalue weighted by atomic mass is 10.1. The van der Waals surface area contributed by atoms with Gasteiger partial charge in [-0.3, -0.25) is 9.00 Å². The second kappa shape index (κ2) is 5.36. The predicted octanol–water partition coefficient (Wildman–Crippen LogP) is 0.854. The van der Waals surface area contributed by atoms with Gasteiger partial charge in [-0.05, 0) is 34.7 Å². The summed E-state index contributed by atoms with van der Waals surface area (Å²) >= 11 is 5.72. The zero-order valence-electron chi connectivity index (χ0n) is 9.41. The molecule has 0 fully saturated rings. The molecule has 18 heavy (non-hydrogen) atoms. The maximum absolute atomic E-state index is 11.9. The lowest BCUT2D eigenvalue weighted by Gasteiger charge is -2.00. The van der Waals surface area contributed by atoms with Gasteiger partial charge in [-0.25, -0.2) is 4.68 Å². The van der Waals surface area contributed by atoms with Gasteiger partial charge in [0.2, 0.25) is 5.16 Å². The summed E-state index contributed by atoms with van der Waals surface area (Å²) in [4.78, 5) is 11.9. The summed E-state index contributed by atoms with van der Waals surface area (Å²) in [5, 5.41) is 11.3. The zero-order chi connectivity index (χ0) is 13.1. The molecular weight excluding hydrogens is 276 g/mol. The Morgan fingerprint density at radius 2 is 2.06 bits per heavy atom. The Labute approximate surface area is 110 Å². The third-order valence-electron chi connectivity index (χ3n) is 2.21. The first-order chi connectivity index (χ1) is 8.58. The van der Waals surface area contributed by atoms with Crippen molar-refractivity contribution in [3.63, 3.8) is 0 Å². The Kier molecular flexibility index (Phi) is 3.83. The molecule has 0 saturated heterocycles. The van der Waals surface area contributed by atoms with Crippen molar-refractivity contribution in [1.82, 2.24) is 20.2 Å². The average molecular weight is 285 g/mol. The van der Waals surface area contributed by atoms with Gasteiger partial charge in [0.05, 0.1) is 5.75 Å². The number of halogens is 1. The van der Waals surface area contributed by atoms with Gasteiger partial charge < -0.3 is 0 Å². The van der Waals surface area contributed by atoms with Crippen LogP contribution < -0.4 is 0 Å². The van der Waals surface area contributed by atoms with Crippen molar-refractivity contribution in [2.75, 3.05) is 5.75 Å². The summed E-state index contributed by atoms with van der Waals surface area (Å²) < 4.78 is 13.2. The number of Topliss-reactive ketones (excluding diaryl/α,β-unsaturated/α-hetero) is 1. The smallest absolute Gasteiger partial charge is 0.239 e. The van der Waals surface area contributed by atoms with E-state index in [1.54, 1.807) is 31.3 Å². The number of tetrazole rings is 1. The summed E-state index contributed by atoms with van der Waals surface area (Å²) in [5.41, 5.74) is 0.461. The molecule has 8 heteroatoms. The Bertz CT molecular complexity index is 596. The van der Waals surface area contributed by atoms with Crippen LogP contribution in [0.5, 0.6) is 0 Å². The van der Waals surface area contributed by atoms with E-state index in [9.17, 15) is 9.00 Å². The fourth-order valence-corrected chi connectivity index (χ4v) is 2.44. The van der Waals surface area contributed by atoms with Crippen LogP contribution in [-0.4, -0.2) is 36.0 Å². The van der Waals surface area contributed by atoms with E-state index in [-0.39, 0.29) is 16.7 Å². The fraction of sp³-hybridized carbons (Fsp3) is 0.200. The molecule has 2 rings (SSSR count). The van der Waals surface area contributed by atoms with Crippen LogP contribution in [0.25, 0.3) is 0 Å². The van der Waals surface area contributed by atoms with Crippen LogP contribution >= 0.6 is 11.6 Å². The normalized spacial score (nSPS) is 12.3. The van der Waals surface area contributed by atoms with Gasteiger partial charge in [-0.1, -0.05) is 16.7 Å². The molecule has 1 atom stereocenters. The quantitative estimate of drug-likeness (QED) is 0.778. The van der Waals surface area contributed by atoms with Crippen LogP contribution in [0, 0.1) is 0 Å². The van der Waals surface area contributed by atoms with Gasteiger partial charge in [-0.2, -0.15) is 0 Å². The van der Waals surface area contributed by atoms with Gasteiger partial charge in [0.15, 0.2) is 5.78 Å². The van der Waals surface area contributed by atoms with Gasteiger partial charge in [0, 0.05) is 17.6 Å². The van der Waals surface area contributed by atoms with Crippen LogP contribution in [0.1, 0.15) is 10.4 Å². The van der Waals surface area contributed by atoms with E-state index >= 15 is 0 Å². The molecule has 0 N–H and O–H groups in total. The lowest BCUT2D eigenvalue weighted by molar-refractivity contribution is 0.102. The molecule has 0 bridgehead atoms. The van der Waals surface area contributed by atoms with Crippen molar-refractivity contribution in [2.24, 2.45) is 7.05 Å². The number of hydrogen-bond acceptors (Lipinski definition) is 5. The van der Waals surface area contributed by atoms with E-state index in [4.69, 9.17) is 11.6 Å². The highest BCUT2D eigenvalue weighted by Gasteiger charge is 2.16. The minimum Gasteiger partial charge on any atom is -0.293 e. The summed E-state index contributed by atoms with van der Waals surface area (Å²) in [6.07, 6.45) is 0. The second-order valence-corrected chi connectivity index (χ2v) is 5.29.